The summed E-state index contributed by atoms with van der Waals surface area (Å²) in [4.78, 5) is 62.7. The fourth-order valence-corrected chi connectivity index (χ4v) is 7.64. The Morgan fingerprint density at radius 3 is 2.12 bits per heavy atom. The van der Waals surface area contributed by atoms with Gasteiger partial charge in [-0.25, -0.2) is 4.98 Å². The zero-order valence-corrected chi connectivity index (χ0v) is 38.2. The highest BCUT2D eigenvalue weighted by Gasteiger charge is 2.34. The van der Waals surface area contributed by atoms with Crippen LogP contribution in [0.2, 0.25) is 5.02 Å². The molecule has 6 aromatic rings. The highest BCUT2D eigenvalue weighted by molar-refractivity contribution is 6.43. The number of carbonyl (C=O) groups excluding carboxylic acids is 3. The van der Waals surface area contributed by atoms with E-state index < -0.39 is 37.0 Å². The van der Waals surface area contributed by atoms with Crippen molar-refractivity contribution < 1.29 is 28.8 Å². The van der Waals surface area contributed by atoms with Gasteiger partial charge >= 0.3 is 7.12 Å². The summed E-state index contributed by atoms with van der Waals surface area (Å²) < 4.78 is 6.51. The molecule has 0 fully saturated rings. The first-order valence-electron chi connectivity index (χ1n) is 21.8. The molecule has 65 heavy (non-hydrogen) atoms. The van der Waals surface area contributed by atoms with Crippen LogP contribution in [0.25, 0.3) is 11.0 Å². The number of halogens is 1. The van der Waals surface area contributed by atoms with Gasteiger partial charge in [0.2, 0.25) is 5.91 Å². The molecule has 0 bridgehead atoms. The minimum atomic E-state index is -1.69. The van der Waals surface area contributed by atoms with E-state index >= 15 is 0 Å². The molecular formula is C50H58BClN6O7. The maximum Gasteiger partial charge on any atom is 0.475 e. The monoisotopic (exact) mass is 900 g/mol. The van der Waals surface area contributed by atoms with E-state index in [1.165, 1.54) is 18.6 Å². The zero-order valence-electron chi connectivity index (χ0n) is 37.5. The second-order valence-corrected chi connectivity index (χ2v) is 17.2. The molecule has 4 aromatic carbocycles. The zero-order chi connectivity index (χ0) is 47.0. The molecule has 13 nitrogen and oxygen atoms in total. The molecule has 0 radical (unpaired) electrons. The standard InChI is InChI=1S/C31H33ClN2O3.C19H25BN4O4/c1-20(2)28(34(17-7-16-33)31(36)23-12-10-21(3)11-13-23)30-26(18-22-8-5-4-6-9-22)29(35)25-15-14-24(32)19-27(25)37-30;1-13(2)10-17(20(27)28)24-18(25)15(11-14-6-4-3-5-7-14)23-19(26)16-12-21-8-9-22-16/h4-6,8-15,19-20,28H,7,16-18,33H2,1-3H3;3-9,12-13,15,17,27-28H,10-11H2,1-2H3,(H,23,26)(H,24,25)/t28-;15-,17-/m10/s1. The Morgan fingerprint density at radius 2 is 1.54 bits per heavy atom. The highest BCUT2D eigenvalue weighted by Crippen LogP contribution is 2.35. The third kappa shape index (κ3) is 14.2. The van der Waals surface area contributed by atoms with Crippen molar-refractivity contribution in [3.63, 3.8) is 0 Å². The number of carbonyl (C=O) groups is 3. The van der Waals surface area contributed by atoms with Gasteiger partial charge in [0, 0.05) is 54.0 Å². The Hall–Kier alpha value is -6.19. The molecule has 6 rings (SSSR count). The van der Waals surface area contributed by atoms with Crippen LogP contribution >= 0.6 is 11.6 Å². The van der Waals surface area contributed by atoms with Crippen LogP contribution in [0, 0.1) is 18.8 Å². The lowest BCUT2D eigenvalue weighted by Gasteiger charge is -2.35. The van der Waals surface area contributed by atoms with Gasteiger partial charge in [0.1, 0.15) is 23.1 Å². The van der Waals surface area contributed by atoms with Crippen molar-refractivity contribution in [3.8, 4) is 0 Å². The summed E-state index contributed by atoms with van der Waals surface area (Å²) in [5.41, 5.74) is 10.3. The van der Waals surface area contributed by atoms with E-state index in [4.69, 9.17) is 21.8 Å². The topological polar surface area (TPSA) is 201 Å². The molecular weight excluding hydrogens is 843 g/mol. The molecule has 0 aliphatic carbocycles. The van der Waals surface area contributed by atoms with Crippen LogP contribution in [0.4, 0.5) is 0 Å². The molecule has 15 heteroatoms. The van der Waals surface area contributed by atoms with E-state index in [1.54, 1.807) is 18.2 Å². The molecule has 3 atom stereocenters. The summed E-state index contributed by atoms with van der Waals surface area (Å²) in [6.45, 7) is 10.8. The lowest BCUT2D eigenvalue weighted by atomic mass is 9.75. The number of nitrogens with one attached hydrogen (secondary N) is 2. The van der Waals surface area contributed by atoms with Crippen molar-refractivity contribution in [3.05, 3.63) is 176 Å². The molecule has 0 aliphatic rings. The number of aromatic nitrogens is 2. The summed E-state index contributed by atoms with van der Waals surface area (Å²) in [6.07, 6.45) is 5.80. The molecule has 340 valence electrons. The number of aryl methyl sites for hydroxylation is 1. The van der Waals surface area contributed by atoms with Crippen LogP contribution in [-0.4, -0.2) is 74.8 Å². The number of nitrogens with two attached hydrogens (primary N) is 1. The number of rotatable bonds is 18. The number of hydrogen-bond acceptors (Lipinski definition) is 10. The molecule has 2 aromatic heterocycles. The van der Waals surface area contributed by atoms with Crippen LogP contribution in [0.15, 0.2) is 131 Å². The largest absolute Gasteiger partial charge is 0.475 e. The second-order valence-electron chi connectivity index (χ2n) is 16.7. The average Bonchev–Trinajstić information content (AvgIpc) is 3.29. The number of benzene rings is 4. The van der Waals surface area contributed by atoms with E-state index in [1.807, 2.05) is 124 Å². The summed E-state index contributed by atoms with van der Waals surface area (Å²) in [6, 6.07) is 30.3. The Labute approximate surface area is 385 Å². The van der Waals surface area contributed by atoms with Gasteiger partial charge in [-0.15, -0.1) is 0 Å². The third-order valence-corrected chi connectivity index (χ3v) is 11.0. The van der Waals surface area contributed by atoms with Crippen LogP contribution in [0.5, 0.6) is 0 Å². The predicted octanol–water partition coefficient (Wildman–Crippen LogP) is 6.89. The summed E-state index contributed by atoms with van der Waals surface area (Å²) >= 11 is 6.27. The van der Waals surface area contributed by atoms with Crippen LogP contribution in [0.3, 0.4) is 0 Å². The molecule has 0 aliphatic heterocycles. The highest BCUT2D eigenvalue weighted by atomic mass is 35.5. The van der Waals surface area contributed by atoms with Crippen molar-refractivity contribution in [1.29, 1.82) is 0 Å². The smallest absolute Gasteiger partial charge is 0.458 e. The predicted molar refractivity (Wildman–Crippen MR) is 255 cm³/mol. The summed E-state index contributed by atoms with van der Waals surface area (Å²) in [7, 11) is -1.69. The van der Waals surface area contributed by atoms with Crippen LogP contribution in [-0.2, 0) is 17.6 Å². The van der Waals surface area contributed by atoms with E-state index in [0.29, 0.717) is 65.2 Å². The number of hydrogen-bond donors (Lipinski definition) is 5. The van der Waals surface area contributed by atoms with Crippen molar-refractivity contribution in [2.45, 2.75) is 78.3 Å². The maximum atomic E-state index is 13.9. The Balaban J connectivity index is 0.000000254. The lowest BCUT2D eigenvalue weighted by Crippen LogP contribution is -2.55. The van der Waals surface area contributed by atoms with Gasteiger partial charge in [-0.3, -0.25) is 24.2 Å². The van der Waals surface area contributed by atoms with Gasteiger partial charge in [0.25, 0.3) is 11.8 Å². The average molecular weight is 901 g/mol. The second kappa shape index (κ2) is 24.2. The van der Waals surface area contributed by atoms with E-state index in [9.17, 15) is 29.2 Å². The van der Waals surface area contributed by atoms with Crippen molar-refractivity contribution in [2.24, 2.45) is 17.6 Å². The van der Waals surface area contributed by atoms with Gasteiger partial charge in [0.15, 0.2) is 5.43 Å². The molecule has 0 unspecified atom stereocenters. The minimum absolute atomic E-state index is 0.0403. The molecule has 6 N–H and O–H groups in total. The van der Waals surface area contributed by atoms with Crippen LogP contribution in [0.1, 0.15) is 95.4 Å². The maximum absolute atomic E-state index is 13.9. The first kappa shape index (κ1) is 49.8. The van der Waals surface area contributed by atoms with E-state index in [2.05, 4.69) is 20.6 Å². The van der Waals surface area contributed by atoms with Gasteiger partial charge in [-0.1, -0.05) is 118 Å². The van der Waals surface area contributed by atoms with Crippen molar-refractivity contribution >= 4 is 47.4 Å². The summed E-state index contributed by atoms with van der Waals surface area (Å²) in [5, 5.41) is 25.4. The Morgan fingerprint density at radius 1 is 0.877 bits per heavy atom. The SMILES string of the molecule is CC(C)C[C@H](NC(=O)[C@H](Cc1ccccc1)NC(=O)c1cnccn1)B(O)O.Cc1ccc(C(=O)N(CCCN)[C@@H](c2oc3cc(Cl)ccc3c(=O)c2Cc2ccccc2)C(C)C)cc1. The Kier molecular flexibility index (Phi) is 18.6. The molecule has 2 heterocycles. The quantitative estimate of drug-likeness (QED) is 0.0566. The van der Waals surface area contributed by atoms with Gasteiger partial charge < -0.3 is 35.7 Å². The lowest BCUT2D eigenvalue weighted by molar-refractivity contribution is -0.123. The number of amides is 3. The minimum Gasteiger partial charge on any atom is -0.458 e. The fraction of sp³-hybridized carbons (Fsp3) is 0.320. The number of nitrogens with zero attached hydrogens (tertiary/aromatic N) is 3. The van der Waals surface area contributed by atoms with Crippen molar-refractivity contribution in [2.75, 3.05) is 13.1 Å². The molecule has 0 saturated heterocycles. The van der Waals surface area contributed by atoms with Gasteiger partial charge in [-0.2, -0.15) is 0 Å². The van der Waals surface area contributed by atoms with Crippen LogP contribution < -0.4 is 21.8 Å². The molecule has 0 saturated carbocycles. The van der Waals surface area contributed by atoms with E-state index in [-0.39, 0.29) is 35.3 Å². The fourth-order valence-electron chi connectivity index (χ4n) is 7.48. The summed E-state index contributed by atoms with van der Waals surface area (Å²) in [5.74, 6) is -1.38. The molecule has 3 amide bonds. The number of fused-ring (bicyclic) bond motifs is 1. The first-order chi connectivity index (χ1) is 31.2. The Bertz CT molecular complexity index is 2530. The van der Waals surface area contributed by atoms with Gasteiger partial charge in [0.05, 0.1) is 23.6 Å². The van der Waals surface area contributed by atoms with E-state index in [0.717, 1.165) is 16.7 Å². The first-order valence-corrected chi connectivity index (χ1v) is 22.2. The van der Waals surface area contributed by atoms with Crippen molar-refractivity contribution in [1.82, 2.24) is 25.5 Å². The van der Waals surface area contributed by atoms with Gasteiger partial charge in [-0.05, 0) is 73.5 Å². The molecule has 0 spiro atoms. The normalized spacial score (nSPS) is 12.5. The third-order valence-electron chi connectivity index (χ3n) is 10.7.